The molecule has 2 amide bonds. The van der Waals surface area contributed by atoms with Gasteiger partial charge in [-0.2, -0.15) is 0 Å². The smallest absolute Gasteiger partial charge is 0.267 e. The minimum atomic E-state index is -0.476. The number of aliphatic hydroxyl groups is 1. The van der Waals surface area contributed by atoms with E-state index in [1.165, 1.54) is 19.3 Å². The highest BCUT2D eigenvalue weighted by molar-refractivity contribution is 6.05. The number of hydrogen-bond acceptors (Lipinski definition) is 5. The zero-order valence-corrected chi connectivity index (χ0v) is 19.3. The fourth-order valence-corrected chi connectivity index (χ4v) is 3.48. The van der Waals surface area contributed by atoms with Crippen molar-refractivity contribution in [1.82, 2.24) is 10.6 Å². The van der Waals surface area contributed by atoms with Gasteiger partial charge in [-0.1, -0.05) is 25.0 Å². The monoisotopic (exact) mass is 464 g/mol. The maximum atomic E-state index is 12.8. The van der Waals surface area contributed by atoms with E-state index in [-0.39, 0.29) is 18.8 Å². The van der Waals surface area contributed by atoms with E-state index in [2.05, 4.69) is 10.6 Å². The quantitative estimate of drug-likeness (QED) is 0.310. The van der Waals surface area contributed by atoms with Gasteiger partial charge in [-0.05, 0) is 79.6 Å². The van der Waals surface area contributed by atoms with Crippen molar-refractivity contribution in [2.24, 2.45) is 5.92 Å². The Balaban J connectivity index is 1.37. The van der Waals surface area contributed by atoms with Gasteiger partial charge in [0.15, 0.2) is 0 Å². The lowest BCUT2D eigenvalue weighted by atomic mass is 10.1. The van der Waals surface area contributed by atoms with E-state index in [1.54, 1.807) is 30.3 Å². The van der Waals surface area contributed by atoms with Crippen molar-refractivity contribution in [3.05, 3.63) is 65.4 Å². The fourth-order valence-electron chi connectivity index (χ4n) is 3.48. The molecule has 0 heterocycles. The highest BCUT2D eigenvalue weighted by Gasteiger charge is 2.23. The van der Waals surface area contributed by atoms with Crippen LogP contribution in [0.25, 0.3) is 6.08 Å². The van der Waals surface area contributed by atoms with Gasteiger partial charge in [-0.3, -0.25) is 9.59 Å². The van der Waals surface area contributed by atoms with Gasteiger partial charge in [0.1, 0.15) is 17.2 Å². The Hall–Kier alpha value is -3.32. The first-order chi connectivity index (χ1) is 16.6. The molecular formula is C27H32N2O5. The minimum absolute atomic E-state index is 0.0903. The van der Waals surface area contributed by atoms with Crippen LogP contribution in [0.1, 0.15) is 54.4 Å². The zero-order valence-electron chi connectivity index (χ0n) is 19.3. The van der Waals surface area contributed by atoms with Crippen molar-refractivity contribution >= 4 is 17.9 Å². The van der Waals surface area contributed by atoms with E-state index in [0.717, 1.165) is 42.2 Å². The first kappa shape index (κ1) is 23.8. The third-order valence-electron chi connectivity index (χ3n) is 5.75. The Morgan fingerprint density at radius 1 is 0.971 bits per heavy atom. The van der Waals surface area contributed by atoms with Gasteiger partial charge < -0.3 is 25.2 Å². The summed E-state index contributed by atoms with van der Waals surface area (Å²) in [4.78, 5) is 25.4. The molecule has 0 aromatic heterocycles. The average molecular weight is 465 g/mol. The third-order valence-corrected chi connectivity index (χ3v) is 5.75. The highest BCUT2D eigenvalue weighted by Crippen LogP contribution is 2.33. The van der Waals surface area contributed by atoms with Crippen LogP contribution < -0.4 is 20.1 Å². The van der Waals surface area contributed by atoms with Crippen LogP contribution in [-0.4, -0.2) is 42.8 Å². The highest BCUT2D eigenvalue weighted by atomic mass is 16.5. The van der Waals surface area contributed by atoms with E-state index in [0.29, 0.717) is 18.3 Å². The van der Waals surface area contributed by atoms with Crippen LogP contribution in [0.4, 0.5) is 0 Å². The molecule has 0 aliphatic heterocycles. The number of ether oxygens (including phenoxy) is 2. The first-order valence-corrected chi connectivity index (χ1v) is 12.0. The molecule has 2 aliphatic carbocycles. The summed E-state index contributed by atoms with van der Waals surface area (Å²) in [6.07, 6.45) is 9.01. The molecule has 2 saturated carbocycles. The summed E-state index contributed by atoms with van der Waals surface area (Å²) in [6.45, 7) is 0.569. The third kappa shape index (κ3) is 7.63. The molecule has 2 fully saturated rings. The Kier molecular flexibility index (Phi) is 8.20. The van der Waals surface area contributed by atoms with Gasteiger partial charge >= 0.3 is 0 Å². The summed E-state index contributed by atoms with van der Waals surface area (Å²) < 4.78 is 11.5. The number of rotatable bonds is 13. The van der Waals surface area contributed by atoms with Crippen molar-refractivity contribution in [2.75, 3.05) is 19.8 Å². The number of carbonyl (C=O) groups is 2. The van der Waals surface area contributed by atoms with Crippen LogP contribution in [-0.2, 0) is 4.79 Å². The summed E-state index contributed by atoms with van der Waals surface area (Å²) in [6, 6.07) is 14.2. The van der Waals surface area contributed by atoms with Crippen LogP contribution in [0, 0.1) is 5.92 Å². The lowest BCUT2D eigenvalue weighted by Crippen LogP contribution is -2.36. The predicted molar refractivity (Wildman–Crippen MR) is 130 cm³/mol. The van der Waals surface area contributed by atoms with Crippen LogP contribution in [0.3, 0.4) is 0 Å². The van der Waals surface area contributed by atoms with Crippen LogP contribution >= 0.6 is 0 Å². The van der Waals surface area contributed by atoms with Gasteiger partial charge in [0.25, 0.3) is 11.8 Å². The number of carbonyl (C=O) groups excluding carboxylic acids is 2. The van der Waals surface area contributed by atoms with Crippen molar-refractivity contribution in [2.45, 2.75) is 44.6 Å². The van der Waals surface area contributed by atoms with Crippen LogP contribution in [0.2, 0.25) is 0 Å². The molecule has 180 valence electrons. The van der Waals surface area contributed by atoms with Crippen molar-refractivity contribution in [3.63, 3.8) is 0 Å². The SMILES string of the molecule is O=C(NCCO)/C(=C\c1ccc(OC2CC2)cc1)NC(=O)c1ccc(OCCCC2CC2)cc1. The molecule has 0 radical (unpaired) electrons. The largest absolute Gasteiger partial charge is 0.494 e. The molecule has 7 heteroatoms. The normalized spacial score (nSPS) is 15.5. The maximum absolute atomic E-state index is 12.8. The van der Waals surface area contributed by atoms with Crippen molar-refractivity contribution in [1.29, 1.82) is 0 Å². The lowest BCUT2D eigenvalue weighted by Gasteiger charge is -2.12. The van der Waals surface area contributed by atoms with E-state index in [1.807, 2.05) is 24.3 Å². The number of aliphatic hydroxyl groups excluding tert-OH is 1. The summed E-state index contributed by atoms with van der Waals surface area (Å²) in [5.41, 5.74) is 1.25. The number of benzene rings is 2. The second-order valence-electron chi connectivity index (χ2n) is 8.84. The second kappa shape index (κ2) is 11.7. The average Bonchev–Trinajstić information content (AvgIpc) is 3.78. The lowest BCUT2D eigenvalue weighted by molar-refractivity contribution is -0.117. The molecule has 7 nitrogen and oxygen atoms in total. The number of nitrogens with one attached hydrogen (secondary N) is 2. The second-order valence-corrected chi connectivity index (χ2v) is 8.84. The molecule has 0 saturated heterocycles. The molecular weight excluding hydrogens is 432 g/mol. The predicted octanol–water partition coefficient (Wildman–Crippen LogP) is 3.68. The molecule has 0 unspecified atom stereocenters. The first-order valence-electron chi connectivity index (χ1n) is 12.0. The summed E-state index contributed by atoms with van der Waals surface area (Å²) in [5.74, 6) is 1.51. The number of amides is 2. The van der Waals surface area contributed by atoms with Gasteiger partial charge in [0.05, 0.1) is 19.3 Å². The van der Waals surface area contributed by atoms with Crippen molar-refractivity contribution < 1.29 is 24.2 Å². The molecule has 2 aromatic rings. The van der Waals surface area contributed by atoms with Gasteiger partial charge in [-0.15, -0.1) is 0 Å². The van der Waals surface area contributed by atoms with E-state index in [9.17, 15) is 9.59 Å². The zero-order chi connectivity index (χ0) is 23.8. The topological polar surface area (TPSA) is 96.9 Å². The molecule has 2 aliphatic rings. The number of hydrogen-bond donors (Lipinski definition) is 3. The molecule has 0 spiro atoms. The summed E-state index contributed by atoms with van der Waals surface area (Å²) in [5, 5.41) is 14.3. The van der Waals surface area contributed by atoms with Crippen molar-refractivity contribution in [3.8, 4) is 11.5 Å². The van der Waals surface area contributed by atoms with Gasteiger partial charge in [0, 0.05) is 12.1 Å². The standard InChI is InChI=1S/C27H32N2O5/c30-16-15-28-27(32)25(18-20-5-9-23(10-6-20)34-24-13-14-24)29-26(31)21-7-11-22(12-8-21)33-17-1-2-19-3-4-19/h5-12,18-19,24,30H,1-4,13-17H2,(H,28,32)(H,29,31)/b25-18+. The molecule has 2 aromatic carbocycles. The van der Waals surface area contributed by atoms with Crippen LogP contribution in [0.5, 0.6) is 11.5 Å². The Bertz CT molecular complexity index is 993. The maximum Gasteiger partial charge on any atom is 0.267 e. The van der Waals surface area contributed by atoms with E-state index < -0.39 is 11.8 Å². The minimum Gasteiger partial charge on any atom is -0.494 e. The fraction of sp³-hybridized carbons (Fsp3) is 0.407. The molecule has 4 rings (SSSR count). The molecule has 3 N–H and O–H groups in total. The van der Waals surface area contributed by atoms with Crippen LogP contribution in [0.15, 0.2) is 54.2 Å². The Labute approximate surface area is 200 Å². The molecule has 34 heavy (non-hydrogen) atoms. The molecule has 0 atom stereocenters. The summed E-state index contributed by atoms with van der Waals surface area (Å²) in [7, 11) is 0. The molecule has 0 bridgehead atoms. The Morgan fingerprint density at radius 2 is 1.68 bits per heavy atom. The van der Waals surface area contributed by atoms with Gasteiger partial charge in [0.2, 0.25) is 0 Å². The van der Waals surface area contributed by atoms with E-state index in [4.69, 9.17) is 14.6 Å². The van der Waals surface area contributed by atoms with E-state index >= 15 is 0 Å². The summed E-state index contributed by atoms with van der Waals surface area (Å²) >= 11 is 0. The Morgan fingerprint density at radius 3 is 2.32 bits per heavy atom. The van der Waals surface area contributed by atoms with Gasteiger partial charge in [-0.25, -0.2) is 0 Å².